The first-order chi connectivity index (χ1) is 16.3. The number of nitrogens with one attached hydrogen (secondary N) is 1. The van der Waals surface area contributed by atoms with E-state index in [-0.39, 0.29) is 5.88 Å². The van der Waals surface area contributed by atoms with Crippen molar-refractivity contribution in [1.29, 1.82) is 0 Å². The number of carbonyl (C=O) groups is 1. The van der Waals surface area contributed by atoms with Crippen LogP contribution in [0.1, 0.15) is 49.9 Å². The number of hydrogen-bond donors (Lipinski definition) is 2. The zero-order chi connectivity index (χ0) is 24.7. The number of unbranched alkanes of at least 4 members (excludes halogenated alkanes) is 2. The number of aromatic nitrogens is 1. The van der Waals surface area contributed by atoms with Crippen molar-refractivity contribution >= 4 is 44.1 Å². The molecular weight excluding hydrogens is 494 g/mol. The molecule has 0 saturated heterocycles. The topological polar surface area (TPSA) is 74.6 Å². The largest absolute Gasteiger partial charge is 0.493 e. The second kappa shape index (κ2) is 12.1. The standard InChI is InChI=1S/C26H34BrN5O2/c1-5-7-15-31(16-8-6-2)18-32-23-14-11-20(27)17-22(23)24(26(32)34)28-29-25(33)19-9-12-21(13-10-19)30(3)4/h9-14,17,34H,5-8,15-16,18H2,1-4H3/p+1. The number of nitrogens with zero attached hydrogens (tertiary/aromatic N) is 4. The van der Waals surface area contributed by atoms with Crippen LogP contribution in [0.2, 0.25) is 0 Å². The highest BCUT2D eigenvalue weighted by Crippen LogP contribution is 2.39. The Morgan fingerprint density at radius 2 is 1.71 bits per heavy atom. The predicted octanol–water partition coefficient (Wildman–Crippen LogP) is 5.54. The molecule has 3 rings (SSSR count). The average Bonchev–Trinajstić information content (AvgIpc) is 3.08. The molecule has 8 heteroatoms. The van der Waals surface area contributed by atoms with Crippen LogP contribution >= 0.6 is 15.9 Å². The molecule has 7 nitrogen and oxygen atoms in total. The summed E-state index contributed by atoms with van der Waals surface area (Å²) in [6, 6.07) is 13.0. The molecule has 1 amide bonds. The highest BCUT2D eigenvalue weighted by atomic mass is 79.9. The van der Waals surface area contributed by atoms with Crippen LogP contribution in [0.3, 0.4) is 0 Å². The molecule has 0 bridgehead atoms. The molecule has 0 atom stereocenters. The zero-order valence-corrected chi connectivity index (χ0v) is 22.1. The number of benzene rings is 2. The van der Waals surface area contributed by atoms with Crippen LogP contribution in [-0.4, -0.2) is 42.8 Å². The fraction of sp³-hybridized carbons (Fsp3) is 0.423. The molecular formula is C26H35BrN5O2+. The number of carbonyl (C=O) groups excluding carboxylic acids is 1. The van der Waals surface area contributed by atoms with Gasteiger partial charge in [0.25, 0.3) is 5.91 Å². The quantitative estimate of drug-likeness (QED) is 0.320. The van der Waals surface area contributed by atoms with Crippen LogP contribution in [0.4, 0.5) is 11.4 Å². The SMILES string of the molecule is CCCC[NH+](CCCC)Cn1c(O)c(N=NC(=O)c2ccc(N(C)C)cc2)c2cc(Br)ccc21. The summed E-state index contributed by atoms with van der Waals surface area (Å²) in [6.07, 6.45) is 4.55. The van der Waals surface area contributed by atoms with Crippen LogP contribution < -0.4 is 9.80 Å². The summed E-state index contributed by atoms with van der Waals surface area (Å²) in [6.45, 7) is 7.12. The second-order valence-electron chi connectivity index (χ2n) is 8.82. The number of aromatic hydroxyl groups is 1. The van der Waals surface area contributed by atoms with Crippen molar-refractivity contribution in [2.45, 2.75) is 46.2 Å². The summed E-state index contributed by atoms with van der Waals surface area (Å²) in [5, 5.41) is 20.1. The fourth-order valence-corrected chi connectivity index (χ4v) is 4.33. The average molecular weight is 530 g/mol. The first-order valence-electron chi connectivity index (χ1n) is 11.9. The number of rotatable bonds is 11. The Morgan fingerprint density at radius 3 is 2.29 bits per heavy atom. The molecule has 1 heterocycles. The van der Waals surface area contributed by atoms with Gasteiger partial charge < -0.3 is 14.9 Å². The van der Waals surface area contributed by atoms with Crippen LogP contribution in [0.15, 0.2) is 57.2 Å². The Balaban J connectivity index is 1.93. The Morgan fingerprint density at radius 1 is 1.06 bits per heavy atom. The number of hydrogen-bond acceptors (Lipinski definition) is 4. The molecule has 182 valence electrons. The third-order valence-electron chi connectivity index (χ3n) is 5.99. The molecule has 0 aliphatic heterocycles. The van der Waals surface area contributed by atoms with E-state index in [1.165, 1.54) is 4.90 Å². The van der Waals surface area contributed by atoms with Gasteiger partial charge in [-0.3, -0.25) is 9.36 Å². The Kier molecular flexibility index (Phi) is 9.24. The smallest absolute Gasteiger partial charge is 0.295 e. The third-order valence-corrected chi connectivity index (χ3v) is 6.49. The molecule has 3 aromatic rings. The number of quaternary nitrogens is 1. The summed E-state index contributed by atoms with van der Waals surface area (Å²) >= 11 is 3.52. The van der Waals surface area contributed by atoms with Gasteiger partial charge in [-0.15, -0.1) is 10.2 Å². The summed E-state index contributed by atoms with van der Waals surface area (Å²) in [5.74, 6) is -0.406. The van der Waals surface area contributed by atoms with Gasteiger partial charge in [-0.1, -0.05) is 42.6 Å². The molecule has 2 aromatic carbocycles. The monoisotopic (exact) mass is 528 g/mol. The van der Waals surface area contributed by atoms with Gasteiger partial charge in [-0.05, 0) is 55.3 Å². The molecule has 0 aliphatic carbocycles. The lowest BCUT2D eigenvalue weighted by Gasteiger charge is -2.20. The van der Waals surface area contributed by atoms with Crippen molar-refractivity contribution in [3.8, 4) is 5.88 Å². The summed E-state index contributed by atoms with van der Waals surface area (Å²) in [4.78, 5) is 16.0. The number of anilines is 1. The molecule has 0 radical (unpaired) electrons. The summed E-state index contributed by atoms with van der Waals surface area (Å²) in [5.41, 5.74) is 2.65. The van der Waals surface area contributed by atoms with Crippen molar-refractivity contribution in [1.82, 2.24) is 4.57 Å². The fourth-order valence-electron chi connectivity index (χ4n) is 3.97. The van der Waals surface area contributed by atoms with E-state index >= 15 is 0 Å². The van der Waals surface area contributed by atoms with E-state index in [0.717, 1.165) is 59.8 Å². The number of halogens is 1. The normalized spacial score (nSPS) is 11.7. The van der Waals surface area contributed by atoms with Crippen molar-refractivity contribution in [3.63, 3.8) is 0 Å². The second-order valence-corrected chi connectivity index (χ2v) is 9.74. The van der Waals surface area contributed by atoms with Crippen molar-refractivity contribution in [3.05, 3.63) is 52.5 Å². The van der Waals surface area contributed by atoms with E-state index in [9.17, 15) is 9.90 Å². The van der Waals surface area contributed by atoms with E-state index in [1.54, 1.807) is 12.1 Å². The zero-order valence-electron chi connectivity index (χ0n) is 20.5. The van der Waals surface area contributed by atoms with Gasteiger partial charge in [0.2, 0.25) is 5.88 Å². The predicted molar refractivity (Wildman–Crippen MR) is 141 cm³/mol. The lowest BCUT2D eigenvalue weighted by atomic mass is 10.2. The molecule has 0 unspecified atom stereocenters. The van der Waals surface area contributed by atoms with Crippen molar-refractivity contribution < 1.29 is 14.8 Å². The van der Waals surface area contributed by atoms with Gasteiger partial charge in [0.1, 0.15) is 0 Å². The van der Waals surface area contributed by atoms with Gasteiger partial charge in [0.15, 0.2) is 12.4 Å². The maximum absolute atomic E-state index is 12.7. The third kappa shape index (κ3) is 6.24. The van der Waals surface area contributed by atoms with Crippen LogP contribution in [0.25, 0.3) is 10.9 Å². The van der Waals surface area contributed by atoms with Crippen LogP contribution in [0.5, 0.6) is 5.88 Å². The minimum absolute atomic E-state index is 0.0399. The van der Waals surface area contributed by atoms with Gasteiger partial charge in [0.05, 0.1) is 18.6 Å². The van der Waals surface area contributed by atoms with E-state index in [4.69, 9.17) is 0 Å². The van der Waals surface area contributed by atoms with Crippen LogP contribution in [-0.2, 0) is 6.67 Å². The molecule has 0 fully saturated rings. The first kappa shape index (κ1) is 25.9. The summed E-state index contributed by atoms with van der Waals surface area (Å²) < 4.78 is 2.77. The maximum Gasteiger partial charge on any atom is 0.295 e. The maximum atomic E-state index is 12.7. The van der Waals surface area contributed by atoms with E-state index in [1.807, 2.05) is 53.9 Å². The minimum Gasteiger partial charge on any atom is -0.493 e. The molecule has 0 aliphatic rings. The van der Waals surface area contributed by atoms with Gasteiger partial charge in [-0.25, -0.2) is 0 Å². The van der Waals surface area contributed by atoms with Gasteiger partial charge >= 0.3 is 0 Å². The Labute approximate surface area is 210 Å². The number of fused-ring (bicyclic) bond motifs is 1. The van der Waals surface area contributed by atoms with E-state index in [0.29, 0.717) is 17.9 Å². The minimum atomic E-state index is -0.446. The van der Waals surface area contributed by atoms with Crippen LogP contribution in [0, 0.1) is 0 Å². The van der Waals surface area contributed by atoms with Gasteiger partial charge in [-0.2, -0.15) is 0 Å². The molecule has 1 aromatic heterocycles. The lowest BCUT2D eigenvalue weighted by molar-refractivity contribution is -0.923. The van der Waals surface area contributed by atoms with Gasteiger partial charge in [0, 0.05) is 35.2 Å². The van der Waals surface area contributed by atoms with Crippen molar-refractivity contribution in [2.75, 3.05) is 32.1 Å². The Hall–Kier alpha value is -2.71. The van der Waals surface area contributed by atoms with E-state index < -0.39 is 5.91 Å². The Bertz CT molecular complexity index is 1130. The highest BCUT2D eigenvalue weighted by Gasteiger charge is 2.21. The molecule has 0 spiro atoms. The lowest BCUT2D eigenvalue weighted by Crippen LogP contribution is -3.11. The molecule has 2 N–H and O–H groups in total. The number of amides is 1. The summed E-state index contributed by atoms with van der Waals surface area (Å²) in [7, 11) is 3.89. The first-order valence-corrected chi connectivity index (χ1v) is 12.7. The van der Waals surface area contributed by atoms with Crippen molar-refractivity contribution in [2.24, 2.45) is 10.2 Å². The highest BCUT2D eigenvalue weighted by molar-refractivity contribution is 9.10. The molecule has 34 heavy (non-hydrogen) atoms. The number of azo groups is 1. The molecule has 0 saturated carbocycles. The van der Waals surface area contributed by atoms with E-state index in [2.05, 4.69) is 40.0 Å².